The summed E-state index contributed by atoms with van der Waals surface area (Å²) in [6, 6.07) is 5.83. The van der Waals surface area contributed by atoms with Crippen molar-refractivity contribution in [2.24, 2.45) is 11.7 Å². The highest BCUT2D eigenvalue weighted by Gasteiger charge is 2.37. The number of rotatable bonds is 3. The van der Waals surface area contributed by atoms with Gasteiger partial charge >= 0.3 is 0 Å². The molecule has 0 saturated heterocycles. The summed E-state index contributed by atoms with van der Waals surface area (Å²) in [6.45, 7) is 3.82. The van der Waals surface area contributed by atoms with Gasteiger partial charge in [0, 0.05) is 18.5 Å². The number of nitrogens with one attached hydrogen (secondary N) is 1. The van der Waals surface area contributed by atoms with E-state index < -0.39 is 5.54 Å². The van der Waals surface area contributed by atoms with Crippen LogP contribution in [0.25, 0.3) is 0 Å². The van der Waals surface area contributed by atoms with Crippen molar-refractivity contribution in [3.63, 3.8) is 0 Å². The first kappa shape index (κ1) is 18.9. The molecule has 0 radical (unpaired) electrons. The number of carbonyl (C=O) groups is 1. The fourth-order valence-electron chi connectivity index (χ4n) is 3.42. The SMILES string of the molecule is CC1(N)CCCCC1C(=O)NCc1ccc2c(c1)OCCCO2.Cl. The minimum atomic E-state index is -0.396. The Morgan fingerprint density at radius 3 is 2.75 bits per heavy atom. The number of amides is 1. The third-order valence-electron chi connectivity index (χ3n) is 4.85. The predicted molar refractivity (Wildman–Crippen MR) is 95.7 cm³/mol. The first-order chi connectivity index (χ1) is 11.1. The summed E-state index contributed by atoms with van der Waals surface area (Å²) >= 11 is 0. The first-order valence-electron chi connectivity index (χ1n) is 8.51. The Balaban J connectivity index is 0.00000208. The highest BCUT2D eigenvalue weighted by Crippen LogP contribution is 2.32. The van der Waals surface area contributed by atoms with E-state index in [1.165, 1.54) is 0 Å². The van der Waals surface area contributed by atoms with Gasteiger partial charge in [0.1, 0.15) is 0 Å². The van der Waals surface area contributed by atoms with Gasteiger partial charge in [0.25, 0.3) is 0 Å². The molecule has 0 bridgehead atoms. The average molecular weight is 355 g/mol. The number of halogens is 1. The van der Waals surface area contributed by atoms with Crippen LogP contribution in [0.3, 0.4) is 0 Å². The molecule has 1 aliphatic heterocycles. The van der Waals surface area contributed by atoms with Gasteiger partial charge in [-0.3, -0.25) is 4.79 Å². The van der Waals surface area contributed by atoms with Gasteiger partial charge in [-0.2, -0.15) is 0 Å². The number of hydrogen-bond donors (Lipinski definition) is 2. The molecule has 1 saturated carbocycles. The second-order valence-corrected chi connectivity index (χ2v) is 6.85. The molecule has 1 fully saturated rings. The van der Waals surface area contributed by atoms with Crippen LogP contribution in [-0.2, 0) is 11.3 Å². The predicted octanol–water partition coefficient (Wildman–Crippen LogP) is 2.79. The summed E-state index contributed by atoms with van der Waals surface area (Å²) in [5.41, 5.74) is 6.92. The number of benzene rings is 1. The van der Waals surface area contributed by atoms with Crippen LogP contribution < -0.4 is 20.5 Å². The first-order valence-corrected chi connectivity index (χ1v) is 8.51. The molecule has 0 aromatic heterocycles. The molecule has 1 aromatic rings. The van der Waals surface area contributed by atoms with Gasteiger partial charge < -0.3 is 20.5 Å². The van der Waals surface area contributed by atoms with E-state index in [1.54, 1.807) is 0 Å². The lowest BCUT2D eigenvalue weighted by Crippen LogP contribution is -2.52. The zero-order valence-electron chi connectivity index (χ0n) is 14.2. The monoisotopic (exact) mass is 354 g/mol. The Labute approximate surface area is 149 Å². The highest BCUT2D eigenvalue weighted by atomic mass is 35.5. The summed E-state index contributed by atoms with van der Waals surface area (Å²) in [5.74, 6) is 1.49. The summed E-state index contributed by atoms with van der Waals surface area (Å²) in [5, 5.41) is 3.03. The minimum Gasteiger partial charge on any atom is -0.490 e. The van der Waals surface area contributed by atoms with Crippen LogP contribution in [0.2, 0.25) is 0 Å². The average Bonchev–Trinajstić information content (AvgIpc) is 2.77. The van der Waals surface area contributed by atoms with E-state index in [4.69, 9.17) is 15.2 Å². The lowest BCUT2D eigenvalue weighted by atomic mass is 9.74. The van der Waals surface area contributed by atoms with E-state index in [2.05, 4.69) is 5.32 Å². The van der Waals surface area contributed by atoms with Gasteiger partial charge in [-0.15, -0.1) is 12.4 Å². The summed E-state index contributed by atoms with van der Waals surface area (Å²) in [7, 11) is 0. The molecule has 2 unspecified atom stereocenters. The quantitative estimate of drug-likeness (QED) is 0.875. The zero-order chi connectivity index (χ0) is 16.3. The second kappa shape index (κ2) is 8.08. The molecule has 2 atom stereocenters. The largest absolute Gasteiger partial charge is 0.490 e. The van der Waals surface area contributed by atoms with Crippen LogP contribution in [0, 0.1) is 5.92 Å². The molecule has 6 heteroatoms. The van der Waals surface area contributed by atoms with Crippen molar-refractivity contribution in [3.05, 3.63) is 23.8 Å². The van der Waals surface area contributed by atoms with Crippen LogP contribution in [0.4, 0.5) is 0 Å². The fraction of sp³-hybridized carbons (Fsp3) is 0.611. The van der Waals surface area contributed by atoms with Gasteiger partial charge in [0.05, 0.1) is 19.1 Å². The van der Waals surface area contributed by atoms with Crippen LogP contribution >= 0.6 is 12.4 Å². The standard InChI is InChI=1S/C18H26N2O3.ClH/c1-18(19)8-3-2-5-14(18)17(21)20-12-13-6-7-15-16(11-13)23-10-4-9-22-15;/h6-7,11,14H,2-5,8-10,12,19H2,1H3,(H,20,21);1H. The van der Waals surface area contributed by atoms with E-state index in [9.17, 15) is 4.79 Å². The van der Waals surface area contributed by atoms with Gasteiger partial charge in [0.15, 0.2) is 11.5 Å². The number of hydrogen-bond acceptors (Lipinski definition) is 4. The molecule has 1 aliphatic carbocycles. The molecule has 24 heavy (non-hydrogen) atoms. The fourth-order valence-corrected chi connectivity index (χ4v) is 3.42. The second-order valence-electron chi connectivity index (χ2n) is 6.85. The molecular weight excluding hydrogens is 328 g/mol. The van der Waals surface area contributed by atoms with Crippen LogP contribution in [0.15, 0.2) is 18.2 Å². The van der Waals surface area contributed by atoms with Crippen LogP contribution in [0.5, 0.6) is 11.5 Å². The third-order valence-corrected chi connectivity index (χ3v) is 4.85. The van der Waals surface area contributed by atoms with Gasteiger partial charge in [-0.1, -0.05) is 18.9 Å². The molecular formula is C18H27ClN2O3. The number of fused-ring (bicyclic) bond motifs is 1. The Morgan fingerprint density at radius 1 is 1.25 bits per heavy atom. The van der Waals surface area contributed by atoms with Gasteiger partial charge in [-0.05, 0) is 37.5 Å². The molecule has 1 amide bonds. The van der Waals surface area contributed by atoms with Crippen molar-refractivity contribution in [1.29, 1.82) is 0 Å². The Hall–Kier alpha value is -1.46. The minimum absolute atomic E-state index is 0. The molecule has 0 spiro atoms. The number of ether oxygens (including phenoxy) is 2. The van der Waals surface area contributed by atoms with Crippen molar-refractivity contribution in [2.75, 3.05) is 13.2 Å². The Bertz CT molecular complexity index is 577. The van der Waals surface area contributed by atoms with Crippen LogP contribution in [-0.4, -0.2) is 24.7 Å². The normalized spacial score (nSPS) is 26.0. The Morgan fingerprint density at radius 2 is 2.00 bits per heavy atom. The molecule has 1 aromatic carbocycles. The van der Waals surface area contributed by atoms with Gasteiger partial charge in [-0.25, -0.2) is 0 Å². The van der Waals surface area contributed by atoms with Crippen molar-refractivity contribution in [2.45, 2.75) is 51.1 Å². The van der Waals surface area contributed by atoms with E-state index in [0.717, 1.165) is 49.2 Å². The number of nitrogens with two attached hydrogens (primary N) is 1. The summed E-state index contributed by atoms with van der Waals surface area (Å²) in [6.07, 6.45) is 4.86. The topological polar surface area (TPSA) is 73.6 Å². The van der Waals surface area contributed by atoms with E-state index >= 15 is 0 Å². The maximum Gasteiger partial charge on any atom is 0.225 e. The Kier molecular flexibility index (Phi) is 6.35. The molecule has 5 nitrogen and oxygen atoms in total. The molecule has 2 aliphatic rings. The van der Waals surface area contributed by atoms with Crippen molar-refractivity contribution in [3.8, 4) is 11.5 Å². The smallest absolute Gasteiger partial charge is 0.225 e. The highest BCUT2D eigenvalue weighted by molar-refractivity contribution is 5.85. The molecule has 1 heterocycles. The summed E-state index contributed by atoms with van der Waals surface area (Å²) in [4.78, 5) is 12.5. The van der Waals surface area contributed by atoms with E-state index in [1.807, 2.05) is 25.1 Å². The molecule has 3 N–H and O–H groups in total. The number of carbonyl (C=O) groups excluding carboxylic acids is 1. The molecule has 3 rings (SSSR count). The maximum atomic E-state index is 12.5. The van der Waals surface area contributed by atoms with Crippen molar-refractivity contribution < 1.29 is 14.3 Å². The van der Waals surface area contributed by atoms with E-state index in [0.29, 0.717) is 19.8 Å². The summed E-state index contributed by atoms with van der Waals surface area (Å²) < 4.78 is 11.3. The molecule has 134 valence electrons. The lowest BCUT2D eigenvalue weighted by Gasteiger charge is -2.37. The van der Waals surface area contributed by atoms with Crippen molar-refractivity contribution in [1.82, 2.24) is 5.32 Å². The van der Waals surface area contributed by atoms with Crippen molar-refractivity contribution >= 4 is 18.3 Å². The van der Waals surface area contributed by atoms with Gasteiger partial charge in [0.2, 0.25) is 5.91 Å². The van der Waals surface area contributed by atoms with Crippen LogP contribution in [0.1, 0.15) is 44.6 Å². The lowest BCUT2D eigenvalue weighted by molar-refractivity contribution is -0.128. The zero-order valence-corrected chi connectivity index (χ0v) is 15.0. The third kappa shape index (κ3) is 4.33. The van der Waals surface area contributed by atoms with E-state index in [-0.39, 0.29) is 24.2 Å². The maximum absolute atomic E-state index is 12.5.